The highest BCUT2D eigenvalue weighted by Crippen LogP contribution is 2.27. The van der Waals surface area contributed by atoms with Crippen molar-refractivity contribution >= 4 is 27.9 Å². The molecule has 1 aromatic carbocycles. The molecule has 0 bridgehead atoms. The molecule has 3 amide bonds. The van der Waals surface area contributed by atoms with Crippen LogP contribution in [0.5, 0.6) is 0 Å². The number of imide groups is 1. The highest BCUT2D eigenvalue weighted by atomic mass is 32.2. The van der Waals surface area contributed by atoms with E-state index < -0.39 is 40.6 Å². The number of nitrogens with zero attached hydrogens (tertiary/aromatic N) is 1. The summed E-state index contributed by atoms with van der Waals surface area (Å²) in [5.74, 6) is -1.59. The van der Waals surface area contributed by atoms with E-state index in [0.717, 1.165) is 9.87 Å². The van der Waals surface area contributed by atoms with E-state index in [-0.39, 0.29) is 11.4 Å². The summed E-state index contributed by atoms with van der Waals surface area (Å²) in [6, 6.07) is 4.69. The minimum Gasteiger partial charge on any atom is -0.454 e. The van der Waals surface area contributed by atoms with Crippen molar-refractivity contribution < 1.29 is 27.5 Å². The second kappa shape index (κ2) is 9.65. The van der Waals surface area contributed by atoms with Crippen LogP contribution in [-0.2, 0) is 24.3 Å². The van der Waals surface area contributed by atoms with Crippen LogP contribution in [-0.4, -0.2) is 56.4 Å². The molecule has 1 heterocycles. The van der Waals surface area contributed by atoms with Crippen LogP contribution in [0.1, 0.15) is 31.7 Å². The lowest BCUT2D eigenvalue weighted by atomic mass is 10.2. The summed E-state index contributed by atoms with van der Waals surface area (Å²) < 4.78 is 31.7. The van der Waals surface area contributed by atoms with Crippen molar-refractivity contribution in [1.82, 2.24) is 14.9 Å². The summed E-state index contributed by atoms with van der Waals surface area (Å²) in [5.41, 5.74) is 0.922. The molecule has 2 N–H and O–H groups in total. The number of rotatable bonds is 7. The molecule has 28 heavy (non-hydrogen) atoms. The van der Waals surface area contributed by atoms with E-state index in [1.807, 2.05) is 19.2 Å². The second-order valence-corrected chi connectivity index (χ2v) is 8.39. The molecule has 1 aliphatic heterocycles. The Bertz CT molecular complexity index is 822. The summed E-state index contributed by atoms with van der Waals surface area (Å²) in [5, 5.41) is 4.49. The maximum Gasteiger partial charge on any atom is 0.324 e. The average molecular weight is 411 g/mol. The molecule has 9 nitrogen and oxygen atoms in total. The third kappa shape index (κ3) is 5.52. The molecule has 0 radical (unpaired) electrons. The van der Waals surface area contributed by atoms with Crippen molar-refractivity contribution in [1.29, 1.82) is 0 Å². The number of esters is 1. The molecule has 0 aliphatic carbocycles. The van der Waals surface area contributed by atoms with Gasteiger partial charge >= 0.3 is 12.0 Å². The lowest BCUT2D eigenvalue weighted by Crippen LogP contribution is -2.44. The normalized spacial score (nSPS) is 17.1. The van der Waals surface area contributed by atoms with E-state index in [1.165, 1.54) is 12.1 Å². The zero-order valence-corrected chi connectivity index (χ0v) is 16.8. The van der Waals surface area contributed by atoms with Gasteiger partial charge in [0.25, 0.3) is 5.91 Å². The van der Waals surface area contributed by atoms with Gasteiger partial charge < -0.3 is 10.1 Å². The summed E-state index contributed by atoms with van der Waals surface area (Å²) in [7, 11) is -3.85. The molecule has 10 heteroatoms. The van der Waals surface area contributed by atoms with E-state index in [4.69, 9.17) is 4.74 Å². The molecule has 1 aromatic rings. The van der Waals surface area contributed by atoms with E-state index in [2.05, 4.69) is 5.32 Å². The first-order chi connectivity index (χ1) is 13.3. The average Bonchev–Trinajstić information content (AvgIpc) is 3.15. The highest BCUT2D eigenvalue weighted by molar-refractivity contribution is 7.89. The van der Waals surface area contributed by atoms with Gasteiger partial charge in [0.1, 0.15) is 6.04 Å². The Labute approximate surface area is 164 Å². The van der Waals surface area contributed by atoms with E-state index in [0.29, 0.717) is 25.8 Å². The van der Waals surface area contributed by atoms with Gasteiger partial charge in [-0.3, -0.25) is 14.9 Å². The lowest BCUT2D eigenvalue weighted by Gasteiger charge is -2.22. The zero-order valence-electron chi connectivity index (χ0n) is 15.9. The molecule has 154 valence electrons. The SMILES string of the molecule is CCCNC(=O)NC(=O)COC(=O)[C@@H]1CCCN1S(=O)(=O)c1ccc(C)cc1. The van der Waals surface area contributed by atoms with Crippen LogP contribution in [0.3, 0.4) is 0 Å². The molecular formula is C18H25N3O6S. The van der Waals surface area contributed by atoms with Crippen molar-refractivity contribution in [2.75, 3.05) is 19.7 Å². The number of amides is 3. The molecule has 0 aromatic heterocycles. The largest absolute Gasteiger partial charge is 0.454 e. The van der Waals surface area contributed by atoms with Crippen molar-refractivity contribution in [3.63, 3.8) is 0 Å². The molecule has 0 unspecified atom stereocenters. The van der Waals surface area contributed by atoms with Crippen molar-refractivity contribution in [2.24, 2.45) is 0 Å². The van der Waals surface area contributed by atoms with Gasteiger partial charge in [-0.1, -0.05) is 24.6 Å². The predicted octanol–water partition coefficient (Wildman–Crippen LogP) is 0.927. The molecule has 0 spiro atoms. The third-order valence-electron chi connectivity index (χ3n) is 4.24. The Balaban J connectivity index is 1.96. The minimum absolute atomic E-state index is 0.100. The van der Waals surface area contributed by atoms with Crippen LogP contribution in [0.4, 0.5) is 4.79 Å². The Morgan fingerprint density at radius 1 is 1.21 bits per heavy atom. The van der Waals surface area contributed by atoms with Gasteiger partial charge in [-0.15, -0.1) is 0 Å². The first-order valence-corrected chi connectivity index (χ1v) is 10.5. The number of nitrogens with one attached hydrogen (secondary N) is 2. The Kier molecular flexibility index (Phi) is 7.53. The summed E-state index contributed by atoms with van der Waals surface area (Å²) in [6.45, 7) is 3.66. The maximum absolute atomic E-state index is 12.8. The van der Waals surface area contributed by atoms with E-state index in [9.17, 15) is 22.8 Å². The van der Waals surface area contributed by atoms with Crippen molar-refractivity contribution in [2.45, 2.75) is 44.0 Å². The van der Waals surface area contributed by atoms with Gasteiger partial charge in [-0.05, 0) is 38.3 Å². The van der Waals surface area contributed by atoms with Crippen LogP contribution in [0.15, 0.2) is 29.2 Å². The molecule has 1 aliphatic rings. The number of hydrogen-bond donors (Lipinski definition) is 2. The number of sulfonamides is 1. The van der Waals surface area contributed by atoms with E-state index >= 15 is 0 Å². The summed E-state index contributed by atoms with van der Waals surface area (Å²) in [4.78, 5) is 35.5. The van der Waals surface area contributed by atoms with Crippen molar-refractivity contribution in [3.8, 4) is 0 Å². The van der Waals surface area contributed by atoms with Crippen LogP contribution in [0.2, 0.25) is 0 Å². The number of hydrogen-bond acceptors (Lipinski definition) is 6. The fourth-order valence-electron chi connectivity index (χ4n) is 2.79. The Morgan fingerprint density at radius 3 is 2.54 bits per heavy atom. The van der Waals surface area contributed by atoms with Crippen LogP contribution >= 0.6 is 0 Å². The molecule has 2 rings (SSSR count). The van der Waals surface area contributed by atoms with E-state index in [1.54, 1.807) is 12.1 Å². The standard InChI is InChI=1S/C18H25N3O6S/c1-3-10-19-18(24)20-16(22)12-27-17(23)15-5-4-11-21(15)28(25,26)14-8-6-13(2)7-9-14/h6-9,15H,3-5,10-12H2,1-2H3,(H2,19,20,22,24)/t15-/m0/s1. The molecule has 1 atom stereocenters. The number of urea groups is 1. The Hall–Kier alpha value is -2.46. The number of ether oxygens (including phenoxy) is 1. The monoisotopic (exact) mass is 411 g/mol. The maximum atomic E-state index is 12.8. The second-order valence-electron chi connectivity index (χ2n) is 6.50. The van der Waals surface area contributed by atoms with Crippen LogP contribution in [0.25, 0.3) is 0 Å². The number of aryl methyl sites for hydroxylation is 1. The third-order valence-corrected chi connectivity index (χ3v) is 6.16. The number of benzene rings is 1. The van der Waals surface area contributed by atoms with Gasteiger partial charge in [-0.25, -0.2) is 13.2 Å². The Morgan fingerprint density at radius 2 is 1.89 bits per heavy atom. The fourth-order valence-corrected chi connectivity index (χ4v) is 4.43. The molecule has 1 fully saturated rings. The highest BCUT2D eigenvalue weighted by Gasteiger charge is 2.40. The number of carbonyl (C=O) groups is 3. The van der Waals surface area contributed by atoms with Gasteiger partial charge in [0.15, 0.2) is 6.61 Å². The topological polar surface area (TPSA) is 122 Å². The first-order valence-electron chi connectivity index (χ1n) is 9.08. The lowest BCUT2D eigenvalue weighted by molar-refractivity contribution is -0.151. The molecule has 0 saturated carbocycles. The van der Waals surface area contributed by atoms with Gasteiger partial charge in [0.05, 0.1) is 4.90 Å². The summed E-state index contributed by atoms with van der Waals surface area (Å²) in [6.07, 6.45) is 1.53. The quantitative estimate of drug-likeness (QED) is 0.644. The van der Waals surface area contributed by atoms with Gasteiger partial charge in [0, 0.05) is 13.1 Å². The van der Waals surface area contributed by atoms with Crippen molar-refractivity contribution in [3.05, 3.63) is 29.8 Å². The van der Waals surface area contributed by atoms with Crippen LogP contribution in [0, 0.1) is 6.92 Å². The molecule has 1 saturated heterocycles. The first kappa shape index (κ1) is 21.8. The molecular weight excluding hydrogens is 386 g/mol. The minimum atomic E-state index is -3.85. The number of carbonyl (C=O) groups excluding carboxylic acids is 3. The zero-order chi connectivity index (χ0) is 20.7. The van der Waals surface area contributed by atoms with Gasteiger partial charge in [0.2, 0.25) is 10.0 Å². The van der Waals surface area contributed by atoms with Gasteiger partial charge in [-0.2, -0.15) is 4.31 Å². The van der Waals surface area contributed by atoms with Crippen LogP contribution < -0.4 is 10.6 Å². The fraction of sp³-hybridized carbons (Fsp3) is 0.500. The predicted molar refractivity (Wildman–Crippen MR) is 101 cm³/mol. The smallest absolute Gasteiger partial charge is 0.324 e. The summed E-state index contributed by atoms with van der Waals surface area (Å²) >= 11 is 0.